The third-order valence-corrected chi connectivity index (χ3v) is 4.28. The predicted octanol–water partition coefficient (Wildman–Crippen LogP) is 4.32. The molecule has 1 aliphatic carbocycles. The van der Waals surface area contributed by atoms with E-state index in [0.29, 0.717) is 23.8 Å². The van der Waals surface area contributed by atoms with Crippen LogP contribution in [0.15, 0.2) is 22.7 Å². The van der Waals surface area contributed by atoms with Gasteiger partial charge in [0, 0.05) is 10.9 Å². The summed E-state index contributed by atoms with van der Waals surface area (Å²) in [6.45, 7) is 4.33. The molecule has 1 nitrogen and oxygen atoms in total. The summed E-state index contributed by atoms with van der Waals surface area (Å²) in [6.07, 6.45) is 3.10. The van der Waals surface area contributed by atoms with Crippen molar-refractivity contribution in [3.8, 4) is 0 Å². The monoisotopic (exact) mass is 314 g/mol. The van der Waals surface area contributed by atoms with Gasteiger partial charge in [0.15, 0.2) is 0 Å². The Balaban J connectivity index is 2.18. The van der Waals surface area contributed by atoms with Crippen molar-refractivity contribution in [3.05, 3.63) is 34.1 Å². The highest BCUT2D eigenvalue weighted by Crippen LogP contribution is 2.38. The van der Waals surface area contributed by atoms with Gasteiger partial charge in [-0.05, 0) is 54.9 Å². The number of hydrogen-bond acceptors (Lipinski definition) is 1. The average Bonchev–Trinajstić information content (AvgIpc) is 2.21. The molecule has 100 valence electrons. The molecule has 0 spiro atoms. The molecule has 0 amide bonds. The Morgan fingerprint density at radius 2 is 1.94 bits per heavy atom. The molecule has 0 aliphatic heterocycles. The molecule has 18 heavy (non-hydrogen) atoms. The third kappa shape index (κ3) is 3.33. The molecular weight excluding hydrogens is 295 g/mol. The molecule has 1 saturated carbocycles. The van der Waals surface area contributed by atoms with E-state index in [1.54, 1.807) is 12.1 Å². The Labute approximate surface area is 117 Å². The van der Waals surface area contributed by atoms with Gasteiger partial charge in [-0.2, -0.15) is 0 Å². The maximum absolute atomic E-state index is 13.8. The van der Waals surface area contributed by atoms with Crippen LogP contribution in [0.2, 0.25) is 0 Å². The van der Waals surface area contributed by atoms with Gasteiger partial charge in [-0.3, -0.25) is 0 Å². The van der Waals surface area contributed by atoms with E-state index in [0.717, 1.165) is 23.7 Å². The SMILES string of the molecule is CC1CC(C)CC(O)(Cc2cc(Br)ccc2F)C1. The lowest BCUT2D eigenvalue weighted by Crippen LogP contribution is -2.40. The fraction of sp³-hybridized carbons (Fsp3) is 0.600. The van der Waals surface area contributed by atoms with E-state index in [1.165, 1.54) is 6.07 Å². The van der Waals surface area contributed by atoms with E-state index in [9.17, 15) is 9.50 Å². The standard InChI is InChI=1S/C15H20BrFO/c1-10-5-11(2)8-15(18,7-10)9-12-6-13(16)3-4-14(12)17/h3-4,6,10-11,18H,5,7-9H2,1-2H3. The molecule has 1 aliphatic rings. The summed E-state index contributed by atoms with van der Waals surface area (Å²) in [5, 5.41) is 10.7. The van der Waals surface area contributed by atoms with Crippen LogP contribution >= 0.6 is 15.9 Å². The van der Waals surface area contributed by atoms with Crippen LogP contribution in [0.5, 0.6) is 0 Å². The smallest absolute Gasteiger partial charge is 0.126 e. The lowest BCUT2D eigenvalue weighted by atomic mass is 9.71. The molecule has 1 N–H and O–H groups in total. The van der Waals surface area contributed by atoms with Crippen LogP contribution in [0.1, 0.15) is 38.7 Å². The zero-order chi connectivity index (χ0) is 13.3. The maximum Gasteiger partial charge on any atom is 0.126 e. The molecular formula is C15H20BrFO. The van der Waals surface area contributed by atoms with E-state index in [1.807, 2.05) is 0 Å². The number of rotatable bonds is 2. The van der Waals surface area contributed by atoms with E-state index in [2.05, 4.69) is 29.8 Å². The summed E-state index contributed by atoms with van der Waals surface area (Å²) < 4.78 is 14.6. The maximum atomic E-state index is 13.8. The van der Waals surface area contributed by atoms with E-state index < -0.39 is 5.60 Å². The summed E-state index contributed by atoms with van der Waals surface area (Å²) in [6, 6.07) is 4.92. The van der Waals surface area contributed by atoms with Crippen LogP contribution in [0.4, 0.5) is 4.39 Å². The Bertz CT molecular complexity index is 423. The van der Waals surface area contributed by atoms with E-state index in [-0.39, 0.29) is 5.82 Å². The van der Waals surface area contributed by atoms with Crippen molar-refractivity contribution in [2.75, 3.05) is 0 Å². The average molecular weight is 315 g/mol. The number of hydrogen-bond donors (Lipinski definition) is 1. The zero-order valence-electron chi connectivity index (χ0n) is 10.9. The molecule has 0 saturated heterocycles. The molecule has 0 bridgehead atoms. The Hall–Kier alpha value is -0.410. The molecule has 1 fully saturated rings. The topological polar surface area (TPSA) is 20.2 Å². The molecule has 1 aromatic carbocycles. The Kier molecular flexibility index (Phi) is 4.12. The van der Waals surface area contributed by atoms with Crippen molar-refractivity contribution in [2.45, 2.75) is 45.1 Å². The Morgan fingerprint density at radius 3 is 2.56 bits per heavy atom. The first-order valence-electron chi connectivity index (χ1n) is 6.54. The summed E-state index contributed by atoms with van der Waals surface area (Å²) in [5.74, 6) is 0.792. The minimum absolute atomic E-state index is 0.225. The summed E-state index contributed by atoms with van der Waals surface area (Å²) >= 11 is 3.35. The minimum atomic E-state index is -0.751. The molecule has 2 unspecified atom stereocenters. The van der Waals surface area contributed by atoms with Crippen LogP contribution in [-0.4, -0.2) is 10.7 Å². The number of halogens is 2. The summed E-state index contributed by atoms with van der Waals surface area (Å²) in [4.78, 5) is 0. The first-order valence-corrected chi connectivity index (χ1v) is 7.33. The van der Waals surface area contributed by atoms with Gasteiger partial charge in [0.05, 0.1) is 5.60 Å². The lowest BCUT2D eigenvalue weighted by molar-refractivity contribution is -0.0310. The molecule has 0 heterocycles. The Morgan fingerprint density at radius 1 is 1.33 bits per heavy atom. The molecule has 2 atom stereocenters. The van der Waals surface area contributed by atoms with Crippen LogP contribution in [0.25, 0.3) is 0 Å². The molecule has 0 radical (unpaired) electrons. The van der Waals surface area contributed by atoms with Crippen molar-refractivity contribution in [3.63, 3.8) is 0 Å². The minimum Gasteiger partial charge on any atom is -0.390 e. The first-order chi connectivity index (χ1) is 8.38. The van der Waals surface area contributed by atoms with Crippen LogP contribution < -0.4 is 0 Å². The molecule has 1 aromatic rings. The van der Waals surface area contributed by atoms with Crippen molar-refractivity contribution in [1.82, 2.24) is 0 Å². The molecule has 2 rings (SSSR count). The quantitative estimate of drug-likeness (QED) is 0.862. The van der Waals surface area contributed by atoms with Crippen LogP contribution in [0.3, 0.4) is 0 Å². The van der Waals surface area contributed by atoms with Gasteiger partial charge in [-0.1, -0.05) is 29.8 Å². The van der Waals surface area contributed by atoms with Crippen molar-refractivity contribution in [1.29, 1.82) is 0 Å². The van der Waals surface area contributed by atoms with Gasteiger partial charge in [0.25, 0.3) is 0 Å². The van der Waals surface area contributed by atoms with Gasteiger partial charge >= 0.3 is 0 Å². The summed E-state index contributed by atoms with van der Waals surface area (Å²) in [5.41, 5.74) is -0.146. The number of benzene rings is 1. The summed E-state index contributed by atoms with van der Waals surface area (Å²) in [7, 11) is 0. The number of aliphatic hydroxyl groups is 1. The fourth-order valence-electron chi connectivity index (χ4n) is 3.41. The van der Waals surface area contributed by atoms with E-state index in [4.69, 9.17) is 0 Å². The van der Waals surface area contributed by atoms with Crippen molar-refractivity contribution in [2.24, 2.45) is 11.8 Å². The zero-order valence-corrected chi connectivity index (χ0v) is 12.5. The molecule has 3 heteroatoms. The predicted molar refractivity (Wildman–Crippen MR) is 74.9 cm³/mol. The lowest BCUT2D eigenvalue weighted by Gasteiger charge is -2.39. The van der Waals surface area contributed by atoms with Gasteiger partial charge < -0.3 is 5.11 Å². The van der Waals surface area contributed by atoms with Gasteiger partial charge in [-0.25, -0.2) is 4.39 Å². The molecule has 0 aromatic heterocycles. The second kappa shape index (κ2) is 5.30. The second-order valence-corrected chi connectivity index (χ2v) is 6.91. The third-order valence-electron chi connectivity index (χ3n) is 3.79. The van der Waals surface area contributed by atoms with Crippen LogP contribution in [0, 0.1) is 17.7 Å². The van der Waals surface area contributed by atoms with E-state index >= 15 is 0 Å². The van der Waals surface area contributed by atoms with Crippen molar-refractivity contribution < 1.29 is 9.50 Å². The normalized spacial score (nSPS) is 32.5. The highest BCUT2D eigenvalue weighted by molar-refractivity contribution is 9.10. The fourth-order valence-corrected chi connectivity index (χ4v) is 3.82. The van der Waals surface area contributed by atoms with Crippen molar-refractivity contribution >= 4 is 15.9 Å². The van der Waals surface area contributed by atoms with Gasteiger partial charge in [-0.15, -0.1) is 0 Å². The first kappa shape index (κ1) is 14.0. The largest absolute Gasteiger partial charge is 0.390 e. The second-order valence-electron chi connectivity index (χ2n) is 5.99. The highest BCUT2D eigenvalue weighted by Gasteiger charge is 2.36. The van der Waals surface area contributed by atoms with Gasteiger partial charge in [0.1, 0.15) is 5.82 Å². The van der Waals surface area contributed by atoms with Gasteiger partial charge in [0.2, 0.25) is 0 Å². The van der Waals surface area contributed by atoms with Crippen LogP contribution in [-0.2, 0) is 6.42 Å². The highest BCUT2D eigenvalue weighted by atomic mass is 79.9.